The van der Waals surface area contributed by atoms with Crippen LogP contribution in [-0.2, 0) is 4.74 Å². The van der Waals surface area contributed by atoms with E-state index in [1.54, 1.807) is 6.92 Å². The van der Waals surface area contributed by atoms with Crippen LogP contribution < -0.4 is 10.9 Å². The third kappa shape index (κ3) is 3.32. The number of hydrogen-bond acceptors (Lipinski definition) is 6. The quantitative estimate of drug-likeness (QED) is 0.677. The van der Waals surface area contributed by atoms with Crippen molar-refractivity contribution in [3.05, 3.63) is 63.8 Å². The summed E-state index contributed by atoms with van der Waals surface area (Å²) in [5, 5.41) is 5.80. The van der Waals surface area contributed by atoms with Crippen LogP contribution in [-0.4, -0.2) is 62.2 Å². The predicted molar refractivity (Wildman–Crippen MR) is 105 cm³/mol. The molecular weight excluding hydrogens is 372 g/mol. The molecular formula is C20H22N6O3. The lowest BCUT2D eigenvalue weighted by molar-refractivity contribution is -0.0502. The Labute approximate surface area is 166 Å². The van der Waals surface area contributed by atoms with Gasteiger partial charge in [0, 0.05) is 31.4 Å². The zero-order chi connectivity index (χ0) is 20.0. The molecule has 3 aromatic rings. The molecule has 3 atom stereocenters. The minimum atomic E-state index is -0.448. The minimum Gasteiger partial charge on any atom is -0.371 e. The van der Waals surface area contributed by atoms with E-state index >= 15 is 0 Å². The smallest absolute Gasteiger partial charge is 0.286 e. The molecule has 9 heteroatoms. The third-order valence-corrected chi connectivity index (χ3v) is 5.65. The highest BCUT2D eigenvalue weighted by atomic mass is 16.5. The molecule has 0 bridgehead atoms. The Hall–Kier alpha value is -3.04. The number of morpholine rings is 1. The summed E-state index contributed by atoms with van der Waals surface area (Å²) in [5.74, 6) is 0.411. The molecule has 5 rings (SSSR count). The van der Waals surface area contributed by atoms with Gasteiger partial charge in [-0.05, 0) is 18.9 Å². The van der Waals surface area contributed by atoms with Crippen molar-refractivity contribution in [2.24, 2.45) is 0 Å². The maximum absolute atomic E-state index is 12.7. The lowest BCUT2D eigenvalue weighted by Crippen LogP contribution is -2.43. The van der Waals surface area contributed by atoms with E-state index in [0.717, 1.165) is 19.5 Å². The van der Waals surface area contributed by atoms with Crippen LogP contribution in [0.2, 0.25) is 0 Å². The molecule has 1 aromatic carbocycles. The lowest BCUT2D eigenvalue weighted by Gasteiger charge is -2.35. The Morgan fingerprint density at radius 1 is 1.28 bits per heavy atom. The van der Waals surface area contributed by atoms with Crippen LogP contribution in [0.4, 0.5) is 0 Å². The van der Waals surface area contributed by atoms with Crippen molar-refractivity contribution in [2.45, 2.75) is 31.5 Å². The average Bonchev–Trinajstić information content (AvgIpc) is 3.30. The molecule has 2 saturated heterocycles. The van der Waals surface area contributed by atoms with Crippen molar-refractivity contribution < 1.29 is 9.53 Å². The van der Waals surface area contributed by atoms with Gasteiger partial charge in [0.25, 0.3) is 17.2 Å². The van der Waals surface area contributed by atoms with Crippen molar-refractivity contribution in [3.63, 3.8) is 0 Å². The Morgan fingerprint density at radius 2 is 2.10 bits per heavy atom. The summed E-state index contributed by atoms with van der Waals surface area (Å²) in [6.45, 7) is 3.90. The first-order chi connectivity index (χ1) is 14.1. The number of nitrogens with zero attached hydrogens (tertiary/aromatic N) is 4. The minimum absolute atomic E-state index is 0.00874. The molecule has 2 aliphatic rings. The summed E-state index contributed by atoms with van der Waals surface area (Å²) in [6.07, 6.45) is 2.14. The summed E-state index contributed by atoms with van der Waals surface area (Å²) in [6, 6.07) is 10.4. The molecule has 0 saturated carbocycles. The number of carbonyl (C=O) groups is 1. The largest absolute Gasteiger partial charge is 0.371 e. The van der Waals surface area contributed by atoms with Gasteiger partial charge < -0.3 is 10.1 Å². The topological polar surface area (TPSA) is 105 Å². The predicted octanol–water partition coefficient (Wildman–Crippen LogP) is 0.670. The van der Waals surface area contributed by atoms with Crippen LogP contribution in [0.3, 0.4) is 0 Å². The molecule has 0 radical (unpaired) electrons. The molecule has 0 spiro atoms. The molecule has 2 aromatic heterocycles. The summed E-state index contributed by atoms with van der Waals surface area (Å²) >= 11 is 0. The zero-order valence-electron chi connectivity index (χ0n) is 16.0. The fourth-order valence-corrected chi connectivity index (χ4v) is 4.23. The molecule has 2 aliphatic heterocycles. The summed E-state index contributed by atoms with van der Waals surface area (Å²) in [7, 11) is 0. The van der Waals surface area contributed by atoms with E-state index in [0.29, 0.717) is 12.4 Å². The number of aromatic amines is 1. The number of aromatic nitrogens is 4. The Kier molecular flexibility index (Phi) is 4.40. The van der Waals surface area contributed by atoms with Gasteiger partial charge in [0.05, 0.1) is 12.7 Å². The number of fused-ring (bicyclic) bond motifs is 2. The van der Waals surface area contributed by atoms with Crippen molar-refractivity contribution in [3.8, 4) is 0 Å². The number of aryl methyl sites for hydroxylation is 1. The van der Waals surface area contributed by atoms with Crippen LogP contribution in [0.1, 0.15) is 34.3 Å². The maximum Gasteiger partial charge on any atom is 0.286 e. The number of nitrogens with one attached hydrogen (secondary N) is 2. The number of amides is 1. The van der Waals surface area contributed by atoms with Gasteiger partial charge in [-0.2, -0.15) is 9.50 Å². The second-order valence-electron chi connectivity index (χ2n) is 7.67. The second-order valence-corrected chi connectivity index (χ2v) is 7.67. The van der Waals surface area contributed by atoms with Crippen LogP contribution in [0.15, 0.2) is 41.3 Å². The van der Waals surface area contributed by atoms with E-state index in [9.17, 15) is 9.59 Å². The van der Waals surface area contributed by atoms with Crippen LogP contribution >= 0.6 is 0 Å². The van der Waals surface area contributed by atoms with Crippen molar-refractivity contribution in [2.75, 3.05) is 19.7 Å². The maximum atomic E-state index is 12.7. The van der Waals surface area contributed by atoms with E-state index in [1.165, 1.54) is 16.3 Å². The van der Waals surface area contributed by atoms with E-state index < -0.39 is 11.5 Å². The SMILES string of the molecule is Cc1nc2ncc(C(=O)N[C@H]3C[C@H]4CO[C@@H](c5ccccc5)CN4C3)c(=O)n2[nH]1. The van der Waals surface area contributed by atoms with Crippen LogP contribution in [0, 0.1) is 6.92 Å². The normalized spacial score (nSPS) is 24.5. The number of hydrogen-bond donors (Lipinski definition) is 2. The molecule has 0 unspecified atom stereocenters. The molecule has 29 heavy (non-hydrogen) atoms. The fourth-order valence-electron chi connectivity index (χ4n) is 4.23. The molecule has 1 amide bonds. The first-order valence-electron chi connectivity index (χ1n) is 9.74. The summed E-state index contributed by atoms with van der Waals surface area (Å²) < 4.78 is 7.25. The Bertz CT molecular complexity index is 1110. The highest BCUT2D eigenvalue weighted by Gasteiger charge is 2.38. The first-order valence-corrected chi connectivity index (χ1v) is 9.74. The van der Waals surface area contributed by atoms with Gasteiger partial charge in [0.15, 0.2) is 0 Å². The number of rotatable bonds is 3. The van der Waals surface area contributed by atoms with E-state index in [1.807, 2.05) is 18.2 Å². The highest BCUT2D eigenvalue weighted by molar-refractivity contribution is 5.93. The number of H-pyrrole nitrogens is 1. The van der Waals surface area contributed by atoms with E-state index in [-0.39, 0.29) is 29.5 Å². The Morgan fingerprint density at radius 3 is 2.93 bits per heavy atom. The molecule has 4 heterocycles. The van der Waals surface area contributed by atoms with Gasteiger partial charge in [-0.25, -0.2) is 4.98 Å². The van der Waals surface area contributed by atoms with Crippen molar-refractivity contribution >= 4 is 11.7 Å². The van der Waals surface area contributed by atoms with Gasteiger partial charge >= 0.3 is 0 Å². The highest BCUT2D eigenvalue weighted by Crippen LogP contribution is 2.30. The molecule has 9 nitrogen and oxygen atoms in total. The summed E-state index contributed by atoms with van der Waals surface area (Å²) in [5.41, 5.74) is 0.728. The molecule has 2 N–H and O–H groups in total. The molecule has 2 fully saturated rings. The molecule has 150 valence electrons. The van der Waals surface area contributed by atoms with Gasteiger partial charge in [-0.3, -0.25) is 19.6 Å². The third-order valence-electron chi connectivity index (χ3n) is 5.65. The first kappa shape index (κ1) is 18.0. The van der Waals surface area contributed by atoms with Gasteiger partial charge in [0.2, 0.25) is 0 Å². The van der Waals surface area contributed by atoms with E-state index in [2.05, 4.69) is 37.4 Å². The van der Waals surface area contributed by atoms with Gasteiger partial charge in [-0.15, -0.1) is 0 Å². The van der Waals surface area contributed by atoms with Crippen molar-refractivity contribution in [1.82, 2.24) is 29.8 Å². The van der Waals surface area contributed by atoms with Gasteiger partial charge in [-0.1, -0.05) is 30.3 Å². The average molecular weight is 394 g/mol. The van der Waals surface area contributed by atoms with E-state index in [4.69, 9.17) is 4.74 Å². The van der Waals surface area contributed by atoms with Crippen molar-refractivity contribution in [1.29, 1.82) is 0 Å². The fraction of sp³-hybridized carbons (Fsp3) is 0.400. The number of benzene rings is 1. The zero-order valence-corrected chi connectivity index (χ0v) is 16.0. The second kappa shape index (κ2) is 7.09. The number of ether oxygens (including phenoxy) is 1. The number of carbonyl (C=O) groups excluding carboxylic acids is 1. The van der Waals surface area contributed by atoms with Crippen LogP contribution in [0.25, 0.3) is 5.78 Å². The summed E-state index contributed by atoms with van der Waals surface area (Å²) in [4.78, 5) is 35.8. The standard InChI is InChI=1S/C20H22N6O3/c1-12-22-20-21-8-16(19(28)26(20)24-12)18(27)23-14-7-15-11-29-17(10-25(15)9-14)13-5-3-2-4-6-13/h2-6,8,14-15,17H,7,9-11H2,1H3,(H,23,27)(H,21,22,24)/t14-,15-,17+/m0/s1. The Balaban J connectivity index is 1.27. The van der Waals surface area contributed by atoms with Gasteiger partial charge in [0.1, 0.15) is 11.4 Å². The molecule has 0 aliphatic carbocycles. The van der Waals surface area contributed by atoms with Crippen LogP contribution in [0.5, 0.6) is 0 Å². The lowest BCUT2D eigenvalue weighted by atomic mass is 10.1. The monoisotopic (exact) mass is 394 g/mol.